The number of hydrogen-bond donors (Lipinski definition) is 0. The molecule has 0 fully saturated rings. The molecule has 0 spiro atoms. The summed E-state index contributed by atoms with van der Waals surface area (Å²) in [6, 6.07) is 8.69. The zero-order valence-corrected chi connectivity index (χ0v) is 11.5. The van der Waals surface area contributed by atoms with Crippen LogP contribution in [0.15, 0.2) is 41.3 Å². The third-order valence-corrected chi connectivity index (χ3v) is 3.57. The van der Waals surface area contributed by atoms with Gasteiger partial charge in [-0.05, 0) is 40.8 Å². The average molecular weight is 360 g/mol. The second-order valence-corrected chi connectivity index (χ2v) is 4.89. The Balaban J connectivity index is 2.74. The molecule has 0 radical (unpaired) electrons. The summed E-state index contributed by atoms with van der Waals surface area (Å²) < 4.78 is 2.00. The molecule has 0 aliphatic heterocycles. The second-order valence-electron chi connectivity index (χ2n) is 3.32. The van der Waals surface area contributed by atoms with Crippen LogP contribution in [-0.2, 0) is 0 Å². The molecule has 1 aromatic carbocycles. The molecule has 0 unspecified atom stereocenters. The molecule has 5 heteroatoms. The molecule has 1 heterocycles. The highest BCUT2D eigenvalue weighted by molar-refractivity contribution is 14.1. The van der Waals surface area contributed by atoms with E-state index in [4.69, 9.17) is 11.6 Å². The van der Waals surface area contributed by atoms with Gasteiger partial charge in [-0.1, -0.05) is 23.7 Å². The first-order valence-electron chi connectivity index (χ1n) is 4.76. The van der Waals surface area contributed by atoms with Gasteiger partial charge in [0.25, 0.3) is 5.56 Å². The molecule has 86 valence electrons. The summed E-state index contributed by atoms with van der Waals surface area (Å²) >= 11 is 7.97. The minimum absolute atomic E-state index is 0.146. The van der Waals surface area contributed by atoms with E-state index in [2.05, 4.69) is 0 Å². The van der Waals surface area contributed by atoms with E-state index in [0.717, 1.165) is 0 Å². The number of benzene rings is 1. The minimum atomic E-state index is -0.361. The first-order valence-corrected chi connectivity index (χ1v) is 6.22. The van der Waals surface area contributed by atoms with Crippen molar-refractivity contribution in [2.24, 2.45) is 0 Å². The van der Waals surface area contributed by atoms with Crippen molar-refractivity contribution in [2.45, 2.75) is 0 Å². The summed E-state index contributed by atoms with van der Waals surface area (Å²) in [5, 5.41) is 0.465. The molecule has 0 saturated carbocycles. The van der Waals surface area contributed by atoms with Gasteiger partial charge in [-0.3, -0.25) is 14.2 Å². The SMILES string of the molecule is O=Cc1c(I)ccn(-c2ccccc2Cl)c1=O. The predicted molar refractivity (Wildman–Crippen MR) is 75.2 cm³/mol. The van der Waals surface area contributed by atoms with Crippen LogP contribution in [0.2, 0.25) is 5.02 Å². The third kappa shape index (κ3) is 2.28. The van der Waals surface area contributed by atoms with Gasteiger partial charge < -0.3 is 0 Å². The molecule has 2 aromatic rings. The maximum absolute atomic E-state index is 12.0. The Labute approximate surface area is 116 Å². The van der Waals surface area contributed by atoms with Crippen LogP contribution >= 0.6 is 34.2 Å². The van der Waals surface area contributed by atoms with Crippen LogP contribution < -0.4 is 5.56 Å². The van der Waals surface area contributed by atoms with Crippen LogP contribution in [-0.4, -0.2) is 10.9 Å². The van der Waals surface area contributed by atoms with Gasteiger partial charge in [-0.15, -0.1) is 0 Å². The quantitative estimate of drug-likeness (QED) is 0.611. The summed E-state index contributed by atoms with van der Waals surface area (Å²) in [5.41, 5.74) is 0.353. The number of aldehydes is 1. The number of para-hydroxylation sites is 1. The number of pyridine rings is 1. The lowest BCUT2D eigenvalue weighted by Crippen LogP contribution is -2.22. The summed E-state index contributed by atoms with van der Waals surface area (Å²) in [4.78, 5) is 22.9. The molecule has 0 amide bonds. The van der Waals surface area contributed by atoms with Crippen LogP contribution in [0.5, 0.6) is 0 Å². The highest BCUT2D eigenvalue weighted by atomic mass is 127. The number of hydrogen-bond acceptors (Lipinski definition) is 2. The lowest BCUT2D eigenvalue weighted by Gasteiger charge is -2.08. The molecule has 17 heavy (non-hydrogen) atoms. The fourth-order valence-corrected chi connectivity index (χ4v) is 2.22. The van der Waals surface area contributed by atoms with E-state index in [1.807, 2.05) is 22.6 Å². The van der Waals surface area contributed by atoms with Crippen molar-refractivity contribution in [3.05, 3.63) is 61.0 Å². The van der Waals surface area contributed by atoms with Crippen molar-refractivity contribution in [1.82, 2.24) is 4.57 Å². The van der Waals surface area contributed by atoms with E-state index in [-0.39, 0.29) is 11.1 Å². The van der Waals surface area contributed by atoms with Crippen molar-refractivity contribution < 1.29 is 4.79 Å². The largest absolute Gasteiger partial charge is 0.298 e. The molecule has 2 rings (SSSR count). The summed E-state index contributed by atoms with van der Waals surface area (Å²) in [6.45, 7) is 0. The van der Waals surface area contributed by atoms with Crippen LogP contribution in [0.4, 0.5) is 0 Å². The van der Waals surface area contributed by atoms with E-state index in [9.17, 15) is 9.59 Å². The van der Waals surface area contributed by atoms with Gasteiger partial charge in [0.15, 0.2) is 6.29 Å². The van der Waals surface area contributed by atoms with Gasteiger partial charge in [0.1, 0.15) is 0 Å². The lowest BCUT2D eigenvalue weighted by molar-refractivity contribution is 0.112. The summed E-state index contributed by atoms with van der Waals surface area (Å²) in [7, 11) is 0. The minimum Gasteiger partial charge on any atom is -0.298 e. The Hall–Kier alpha value is -1.14. The standard InChI is InChI=1S/C12H7ClINO2/c13-9-3-1-2-4-11(9)15-6-5-10(14)8(7-16)12(15)17/h1-7H. The van der Waals surface area contributed by atoms with Crippen molar-refractivity contribution in [2.75, 3.05) is 0 Å². The molecule has 0 saturated heterocycles. The number of halogens is 2. The van der Waals surface area contributed by atoms with Crippen LogP contribution in [0, 0.1) is 3.57 Å². The van der Waals surface area contributed by atoms with Crippen molar-refractivity contribution in [3.63, 3.8) is 0 Å². The molecular formula is C12H7ClINO2. The number of carbonyl (C=O) groups excluding carboxylic acids is 1. The zero-order chi connectivity index (χ0) is 12.4. The van der Waals surface area contributed by atoms with Gasteiger partial charge in [0.2, 0.25) is 0 Å². The Bertz CT molecular complexity index is 637. The number of aromatic nitrogens is 1. The summed E-state index contributed by atoms with van der Waals surface area (Å²) in [5.74, 6) is 0. The van der Waals surface area contributed by atoms with Crippen molar-refractivity contribution >= 4 is 40.5 Å². The molecule has 0 atom stereocenters. The fourth-order valence-electron chi connectivity index (χ4n) is 1.47. The first-order chi connectivity index (χ1) is 8.15. The monoisotopic (exact) mass is 359 g/mol. The Kier molecular flexibility index (Phi) is 3.63. The molecule has 1 aromatic heterocycles. The Morgan fingerprint density at radius 3 is 2.59 bits per heavy atom. The smallest absolute Gasteiger partial charge is 0.266 e. The predicted octanol–water partition coefficient (Wildman–Crippen LogP) is 2.91. The number of nitrogens with zero attached hydrogens (tertiary/aromatic N) is 1. The van der Waals surface area contributed by atoms with Gasteiger partial charge >= 0.3 is 0 Å². The van der Waals surface area contributed by atoms with Gasteiger partial charge in [-0.25, -0.2) is 0 Å². The maximum atomic E-state index is 12.0. The molecule has 3 nitrogen and oxygen atoms in total. The third-order valence-electron chi connectivity index (χ3n) is 2.31. The van der Waals surface area contributed by atoms with Crippen molar-refractivity contribution in [1.29, 1.82) is 0 Å². The Morgan fingerprint density at radius 2 is 1.94 bits per heavy atom. The molecular weight excluding hydrogens is 352 g/mol. The molecule has 0 N–H and O–H groups in total. The molecule has 0 aliphatic carbocycles. The summed E-state index contributed by atoms with van der Waals surface area (Å²) in [6.07, 6.45) is 2.18. The van der Waals surface area contributed by atoms with Gasteiger partial charge in [0.05, 0.1) is 16.3 Å². The normalized spacial score (nSPS) is 10.2. The van der Waals surface area contributed by atoms with E-state index >= 15 is 0 Å². The van der Waals surface area contributed by atoms with Crippen LogP contribution in [0.3, 0.4) is 0 Å². The number of rotatable bonds is 2. The highest BCUT2D eigenvalue weighted by Crippen LogP contribution is 2.18. The van der Waals surface area contributed by atoms with Crippen molar-refractivity contribution in [3.8, 4) is 5.69 Å². The van der Waals surface area contributed by atoms with Crippen LogP contribution in [0.1, 0.15) is 10.4 Å². The van der Waals surface area contributed by atoms with Gasteiger partial charge in [-0.2, -0.15) is 0 Å². The average Bonchev–Trinajstić information content (AvgIpc) is 2.31. The first kappa shape index (κ1) is 12.3. The van der Waals surface area contributed by atoms with Gasteiger partial charge in [0, 0.05) is 9.77 Å². The highest BCUT2D eigenvalue weighted by Gasteiger charge is 2.10. The Morgan fingerprint density at radius 1 is 1.24 bits per heavy atom. The van der Waals surface area contributed by atoms with E-state index in [1.54, 1.807) is 36.5 Å². The van der Waals surface area contributed by atoms with E-state index in [0.29, 0.717) is 20.6 Å². The topological polar surface area (TPSA) is 39.1 Å². The van der Waals surface area contributed by atoms with E-state index in [1.165, 1.54) is 4.57 Å². The lowest BCUT2D eigenvalue weighted by atomic mass is 10.2. The molecule has 0 bridgehead atoms. The van der Waals surface area contributed by atoms with Crippen LogP contribution in [0.25, 0.3) is 5.69 Å². The fraction of sp³-hybridized carbons (Fsp3) is 0. The maximum Gasteiger partial charge on any atom is 0.266 e. The molecule has 0 aliphatic rings. The van der Waals surface area contributed by atoms with E-state index < -0.39 is 0 Å². The number of carbonyl (C=O) groups is 1. The second kappa shape index (κ2) is 5.01. The zero-order valence-electron chi connectivity index (χ0n) is 8.56.